The Morgan fingerprint density at radius 1 is 1.30 bits per heavy atom. The van der Waals surface area contributed by atoms with E-state index in [0.29, 0.717) is 16.9 Å². The minimum Gasteiger partial charge on any atom is -0.313 e. The molecule has 0 saturated heterocycles. The number of thioether (sulfide) groups is 1. The van der Waals surface area contributed by atoms with E-state index in [9.17, 15) is 8.78 Å². The lowest BCUT2D eigenvalue weighted by molar-refractivity contribution is 0.387. The second kappa shape index (κ2) is 7.99. The molecule has 1 aliphatic rings. The van der Waals surface area contributed by atoms with Crippen LogP contribution < -0.4 is 5.32 Å². The molecule has 4 heteroatoms. The standard InChI is InChI=1S/C16H23F2NS/c1-2-9-19-15(12-5-3-4-6-12)11-20-16-10-13(17)7-8-14(16)18/h7-8,10,12,15,19H,2-6,9,11H2,1H3. The minimum atomic E-state index is -0.368. The Morgan fingerprint density at radius 2 is 2.05 bits per heavy atom. The first-order valence-electron chi connectivity index (χ1n) is 7.52. The van der Waals surface area contributed by atoms with E-state index in [0.717, 1.165) is 18.7 Å². The SMILES string of the molecule is CCCNC(CSc1cc(F)ccc1F)C1CCCC1. The highest BCUT2D eigenvalue weighted by Gasteiger charge is 2.24. The molecule has 1 aliphatic carbocycles. The summed E-state index contributed by atoms with van der Waals surface area (Å²) in [6, 6.07) is 4.08. The smallest absolute Gasteiger partial charge is 0.136 e. The van der Waals surface area contributed by atoms with Crippen molar-refractivity contribution in [1.82, 2.24) is 5.32 Å². The van der Waals surface area contributed by atoms with Crippen molar-refractivity contribution in [1.29, 1.82) is 0 Å². The van der Waals surface area contributed by atoms with Crippen molar-refractivity contribution in [3.05, 3.63) is 29.8 Å². The van der Waals surface area contributed by atoms with E-state index in [1.54, 1.807) is 0 Å². The second-order valence-corrected chi connectivity index (χ2v) is 6.55. The van der Waals surface area contributed by atoms with Crippen LogP contribution in [-0.2, 0) is 0 Å². The van der Waals surface area contributed by atoms with Gasteiger partial charge in [0.05, 0.1) is 0 Å². The quantitative estimate of drug-likeness (QED) is 0.738. The number of hydrogen-bond acceptors (Lipinski definition) is 2. The van der Waals surface area contributed by atoms with Gasteiger partial charge in [-0.1, -0.05) is 19.8 Å². The summed E-state index contributed by atoms with van der Waals surface area (Å²) in [7, 11) is 0. The van der Waals surface area contributed by atoms with E-state index in [-0.39, 0.29) is 11.6 Å². The first-order valence-corrected chi connectivity index (χ1v) is 8.50. The number of nitrogens with one attached hydrogen (secondary N) is 1. The summed E-state index contributed by atoms with van der Waals surface area (Å²) in [5.41, 5.74) is 0. The molecule has 0 heterocycles. The van der Waals surface area contributed by atoms with Gasteiger partial charge in [0.25, 0.3) is 0 Å². The molecule has 1 unspecified atom stereocenters. The molecular formula is C16H23F2NS. The van der Waals surface area contributed by atoms with Gasteiger partial charge in [0.1, 0.15) is 11.6 Å². The van der Waals surface area contributed by atoms with Gasteiger partial charge in [0, 0.05) is 16.7 Å². The van der Waals surface area contributed by atoms with Crippen molar-refractivity contribution in [2.75, 3.05) is 12.3 Å². The van der Waals surface area contributed by atoms with Gasteiger partial charge < -0.3 is 5.32 Å². The van der Waals surface area contributed by atoms with Crippen molar-refractivity contribution in [3.8, 4) is 0 Å². The lowest BCUT2D eigenvalue weighted by Crippen LogP contribution is -2.37. The molecule has 0 spiro atoms. The Labute approximate surface area is 124 Å². The molecule has 1 aromatic carbocycles. The van der Waals surface area contributed by atoms with Crippen LogP contribution in [0.15, 0.2) is 23.1 Å². The molecule has 1 N–H and O–H groups in total. The molecule has 20 heavy (non-hydrogen) atoms. The zero-order valence-electron chi connectivity index (χ0n) is 12.0. The summed E-state index contributed by atoms with van der Waals surface area (Å²) in [5.74, 6) is 0.806. The summed E-state index contributed by atoms with van der Waals surface area (Å²) < 4.78 is 26.8. The van der Waals surface area contributed by atoms with Crippen LogP contribution in [0, 0.1) is 17.6 Å². The number of hydrogen-bond donors (Lipinski definition) is 1. The molecule has 0 aromatic heterocycles. The van der Waals surface area contributed by atoms with Gasteiger partial charge in [-0.05, 0) is 49.9 Å². The lowest BCUT2D eigenvalue weighted by Gasteiger charge is -2.24. The molecule has 1 saturated carbocycles. The molecule has 0 amide bonds. The fraction of sp³-hybridized carbons (Fsp3) is 0.625. The lowest BCUT2D eigenvalue weighted by atomic mass is 10.00. The van der Waals surface area contributed by atoms with Crippen LogP contribution in [0.3, 0.4) is 0 Å². The van der Waals surface area contributed by atoms with Crippen LogP contribution in [-0.4, -0.2) is 18.3 Å². The monoisotopic (exact) mass is 299 g/mol. The van der Waals surface area contributed by atoms with E-state index in [1.165, 1.54) is 55.6 Å². The molecule has 0 aliphatic heterocycles. The van der Waals surface area contributed by atoms with Gasteiger partial charge in [-0.2, -0.15) is 0 Å². The molecule has 112 valence electrons. The summed E-state index contributed by atoms with van der Waals surface area (Å²) in [6.07, 6.45) is 6.21. The summed E-state index contributed by atoms with van der Waals surface area (Å²) in [4.78, 5) is 0.422. The molecular weight excluding hydrogens is 276 g/mol. The van der Waals surface area contributed by atoms with Crippen LogP contribution in [0.4, 0.5) is 8.78 Å². The van der Waals surface area contributed by atoms with Gasteiger partial charge in [-0.3, -0.25) is 0 Å². The molecule has 2 rings (SSSR count). The Morgan fingerprint density at radius 3 is 2.75 bits per heavy atom. The number of halogens is 2. The largest absolute Gasteiger partial charge is 0.313 e. The van der Waals surface area contributed by atoms with E-state index >= 15 is 0 Å². The van der Waals surface area contributed by atoms with Crippen LogP contribution in [0.2, 0.25) is 0 Å². The fourth-order valence-corrected chi connectivity index (χ4v) is 3.97. The van der Waals surface area contributed by atoms with Crippen LogP contribution in [0.25, 0.3) is 0 Å². The van der Waals surface area contributed by atoms with Gasteiger partial charge in [-0.25, -0.2) is 8.78 Å². The summed E-state index contributed by atoms with van der Waals surface area (Å²) >= 11 is 1.43. The van der Waals surface area contributed by atoms with E-state index < -0.39 is 0 Å². The molecule has 1 atom stereocenters. The molecule has 1 nitrogen and oxygen atoms in total. The maximum atomic E-state index is 13.6. The van der Waals surface area contributed by atoms with Crippen LogP contribution >= 0.6 is 11.8 Å². The predicted octanol–water partition coefficient (Wildman–Crippen LogP) is 4.62. The van der Waals surface area contributed by atoms with Crippen molar-refractivity contribution in [2.45, 2.75) is 50.0 Å². The first kappa shape index (κ1) is 15.8. The van der Waals surface area contributed by atoms with Gasteiger partial charge >= 0.3 is 0 Å². The highest BCUT2D eigenvalue weighted by Crippen LogP contribution is 2.31. The Bertz CT molecular complexity index is 419. The first-order chi connectivity index (χ1) is 9.70. The minimum absolute atomic E-state index is 0.322. The van der Waals surface area contributed by atoms with Crippen molar-refractivity contribution in [3.63, 3.8) is 0 Å². The average Bonchev–Trinajstić information content (AvgIpc) is 2.96. The highest BCUT2D eigenvalue weighted by atomic mass is 32.2. The zero-order chi connectivity index (χ0) is 14.4. The summed E-state index contributed by atoms with van der Waals surface area (Å²) in [5, 5.41) is 3.58. The third-order valence-corrected chi connectivity index (χ3v) is 5.09. The third kappa shape index (κ3) is 4.45. The van der Waals surface area contributed by atoms with Crippen molar-refractivity contribution in [2.24, 2.45) is 5.92 Å². The molecule has 1 aromatic rings. The van der Waals surface area contributed by atoms with E-state index in [1.807, 2.05) is 0 Å². The molecule has 0 radical (unpaired) electrons. The van der Waals surface area contributed by atoms with Crippen molar-refractivity contribution < 1.29 is 8.78 Å². The van der Waals surface area contributed by atoms with E-state index in [2.05, 4.69) is 12.2 Å². The summed E-state index contributed by atoms with van der Waals surface area (Å²) in [6.45, 7) is 3.14. The van der Waals surface area contributed by atoms with Crippen LogP contribution in [0.1, 0.15) is 39.0 Å². The number of rotatable bonds is 7. The Kier molecular flexibility index (Phi) is 6.30. The van der Waals surface area contributed by atoms with E-state index in [4.69, 9.17) is 0 Å². The number of benzene rings is 1. The predicted molar refractivity (Wildman–Crippen MR) is 81.1 cm³/mol. The molecule has 0 bridgehead atoms. The molecule has 1 fully saturated rings. The zero-order valence-corrected chi connectivity index (χ0v) is 12.8. The maximum absolute atomic E-state index is 13.6. The van der Waals surface area contributed by atoms with Gasteiger partial charge in [0.2, 0.25) is 0 Å². The maximum Gasteiger partial charge on any atom is 0.136 e. The second-order valence-electron chi connectivity index (χ2n) is 5.49. The topological polar surface area (TPSA) is 12.0 Å². The fourth-order valence-electron chi connectivity index (χ4n) is 2.82. The normalized spacial score (nSPS) is 17.6. The Balaban J connectivity index is 1.94. The van der Waals surface area contributed by atoms with Gasteiger partial charge in [0.15, 0.2) is 0 Å². The highest BCUT2D eigenvalue weighted by molar-refractivity contribution is 7.99. The third-order valence-electron chi connectivity index (χ3n) is 3.94. The van der Waals surface area contributed by atoms with Crippen molar-refractivity contribution >= 4 is 11.8 Å². The average molecular weight is 299 g/mol. The van der Waals surface area contributed by atoms with Crippen LogP contribution in [0.5, 0.6) is 0 Å². The Hall–Kier alpha value is -0.610. The van der Waals surface area contributed by atoms with Gasteiger partial charge in [-0.15, -0.1) is 11.8 Å².